The maximum absolute atomic E-state index is 13.9. The lowest BCUT2D eigenvalue weighted by Crippen LogP contribution is -2.39. The molecule has 0 saturated carbocycles. The molecule has 0 unspecified atom stereocenters. The van der Waals surface area contributed by atoms with Gasteiger partial charge in [0.05, 0.1) is 17.9 Å². The first-order chi connectivity index (χ1) is 12.0. The van der Waals surface area contributed by atoms with E-state index < -0.39 is 18.0 Å². The van der Waals surface area contributed by atoms with Crippen molar-refractivity contribution in [3.8, 4) is 0 Å². The molecule has 25 heavy (non-hydrogen) atoms. The molecule has 0 saturated heterocycles. The molecule has 6 nitrogen and oxygen atoms in total. The third-order valence-electron chi connectivity index (χ3n) is 4.17. The highest BCUT2D eigenvalue weighted by molar-refractivity contribution is 5.96. The summed E-state index contributed by atoms with van der Waals surface area (Å²) in [6.45, 7) is 1.81. The number of carbonyl (C=O) groups is 1. The third-order valence-corrected chi connectivity index (χ3v) is 4.17. The van der Waals surface area contributed by atoms with E-state index in [0.29, 0.717) is 23.1 Å². The Kier molecular flexibility index (Phi) is 4.76. The summed E-state index contributed by atoms with van der Waals surface area (Å²) in [6.07, 6.45) is 2.39. The Hall–Kier alpha value is -2.80. The summed E-state index contributed by atoms with van der Waals surface area (Å²) in [5, 5.41) is 13.2. The number of hydrogen-bond donors (Lipinski definition) is 2. The fourth-order valence-electron chi connectivity index (χ4n) is 2.73. The molecule has 0 radical (unpaired) electrons. The van der Waals surface area contributed by atoms with Crippen molar-refractivity contribution in [2.24, 2.45) is 7.05 Å². The zero-order valence-electron chi connectivity index (χ0n) is 14.0. The Labute approximate surface area is 144 Å². The first kappa shape index (κ1) is 17.0. The van der Waals surface area contributed by atoms with Gasteiger partial charge < -0.3 is 15.0 Å². The zero-order valence-corrected chi connectivity index (χ0v) is 14.0. The van der Waals surface area contributed by atoms with Gasteiger partial charge in [-0.15, -0.1) is 0 Å². The minimum atomic E-state index is -1.14. The number of imidazole rings is 1. The van der Waals surface area contributed by atoms with Gasteiger partial charge in [-0.1, -0.05) is 25.1 Å². The van der Waals surface area contributed by atoms with Crippen molar-refractivity contribution < 1.29 is 14.3 Å². The van der Waals surface area contributed by atoms with E-state index in [1.165, 1.54) is 18.3 Å². The number of amides is 1. The van der Waals surface area contributed by atoms with Gasteiger partial charge in [0.1, 0.15) is 17.4 Å². The Balaban J connectivity index is 1.80. The lowest BCUT2D eigenvalue weighted by Gasteiger charge is -2.23. The van der Waals surface area contributed by atoms with E-state index in [9.17, 15) is 14.3 Å². The maximum Gasteiger partial charge on any atom is 0.253 e. The maximum atomic E-state index is 13.9. The summed E-state index contributed by atoms with van der Waals surface area (Å²) >= 11 is 0. The Morgan fingerprint density at radius 2 is 2.12 bits per heavy atom. The summed E-state index contributed by atoms with van der Waals surface area (Å²) in [5.41, 5.74) is 1.78. The van der Waals surface area contributed by atoms with Gasteiger partial charge in [-0.25, -0.2) is 14.4 Å². The van der Waals surface area contributed by atoms with E-state index in [1.54, 1.807) is 29.1 Å². The van der Waals surface area contributed by atoms with Crippen LogP contribution in [0.15, 0.2) is 42.9 Å². The predicted octanol–water partition coefficient (Wildman–Crippen LogP) is 2.35. The fourth-order valence-corrected chi connectivity index (χ4v) is 2.73. The molecule has 2 atom stereocenters. The summed E-state index contributed by atoms with van der Waals surface area (Å²) in [4.78, 5) is 20.9. The number of aromatic nitrogens is 3. The number of aliphatic hydroxyl groups excluding tert-OH is 1. The molecule has 0 aliphatic rings. The van der Waals surface area contributed by atoms with E-state index >= 15 is 0 Å². The first-order valence-corrected chi connectivity index (χ1v) is 8.01. The highest BCUT2D eigenvalue weighted by atomic mass is 19.1. The van der Waals surface area contributed by atoms with Crippen molar-refractivity contribution in [2.75, 3.05) is 0 Å². The fraction of sp³-hybridized carbons (Fsp3) is 0.278. The van der Waals surface area contributed by atoms with Gasteiger partial charge in [0.25, 0.3) is 5.91 Å². The lowest BCUT2D eigenvalue weighted by molar-refractivity contribution is 0.0819. The zero-order chi connectivity index (χ0) is 18.0. The minimum Gasteiger partial charge on any atom is -0.386 e. The standard InChI is InChI=1S/C18H19FN4O2/c1-3-14(16(24)12-6-4-5-7-13(12)19)22-18(25)11-8-15-17(20-9-11)23(2)10-21-15/h4-10,14,16,24H,3H2,1-2H3,(H,22,25)/t14-,16+/m0/s1. The van der Waals surface area contributed by atoms with Crippen molar-refractivity contribution in [1.29, 1.82) is 0 Å². The van der Waals surface area contributed by atoms with Crippen LogP contribution in [0.5, 0.6) is 0 Å². The van der Waals surface area contributed by atoms with Gasteiger partial charge in [0.15, 0.2) is 5.65 Å². The number of nitrogens with one attached hydrogen (secondary N) is 1. The van der Waals surface area contributed by atoms with Gasteiger partial charge in [-0.3, -0.25) is 4.79 Å². The van der Waals surface area contributed by atoms with E-state index in [4.69, 9.17) is 0 Å². The van der Waals surface area contributed by atoms with Crippen molar-refractivity contribution in [3.63, 3.8) is 0 Å². The van der Waals surface area contributed by atoms with Gasteiger partial charge in [-0.05, 0) is 18.6 Å². The molecule has 130 valence electrons. The van der Waals surface area contributed by atoms with Gasteiger partial charge in [0.2, 0.25) is 0 Å². The smallest absolute Gasteiger partial charge is 0.253 e. The number of carbonyl (C=O) groups excluding carboxylic acids is 1. The number of aliphatic hydroxyl groups is 1. The molecule has 3 aromatic rings. The number of hydrogen-bond acceptors (Lipinski definition) is 4. The van der Waals surface area contributed by atoms with Crippen LogP contribution in [0.1, 0.15) is 35.4 Å². The highest BCUT2D eigenvalue weighted by Gasteiger charge is 2.24. The van der Waals surface area contributed by atoms with Crippen LogP contribution in [0, 0.1) is 5.82 Å². The highest BCUT2D eigenvalue weighted by Crippen LogP contribution is 2.22. The van der Waals surface area contributed by atoms with Gasteiger partial charge >= 0.3 is 0 Å². The second-order valence-electron chi connectivity index (χ2n) is 5.88. The number of nitrogens with zero attached hydrogens (tertiary/aromatic N) is 3. The van der Waals surface area contributed by atoms with Crippen molar-refractivity contribution in [3.05, 3.63) is 59.8 Å². The summed E-state index contributed by atoms with van der Waals surface area (Å²) in [7, 11) is 1.82. The topological polar surface area (TPSA) is 80.0 Å². The molecule has 7 heteroatoms. The average Bonchev–Trinajstić information content (AvgIpc) is 3.00. The number of pyridine rings is 1. The predicted molar refractivity (Wildman–Crippen MR) is 91.4 cm³/mol. The second-order valence-corrected chi connectivity index (χ2v) is 5.88. The van der Waals surface area contributed by atoms with E-state index in [-0.39, 0.29) is 11.5 Å². The molecule has 0 fully saturated rings. The number of benzene rings is 1. The first-order valence-electron chi connectivity index (χ1n) is 8.01. The minimum absolute atomic E-state index is 0.160. The number of halogens is 1. The van der Waals surface area contributed by atoms with Crippen molar-refractivity contribution in [1.82, 2.24) is 19.9 Å². The largest absolute Gasteiger partial charge is 0.386 e. The number of rotatable bonds is 5. The molecular formula is C18H19FN4O2. The van der Waals surface area contributed by atoms with Crippen LogP contribution in [-0.2, 0) is 7.05 Å². The van der Waals surface area contributed by atoms with Crippen LogP contribution < -0.4 is 5.32 Å². The average molecular weight is 342 g/mol. The molecule has 1 amide bonds. The van der Waals surface area contributed by atoms with E-state index in [2.05, 4.69) is 15.3 Å². The molecule has 3 rings (SSSR count). The van der Waals surface area contributed by atoms with Crippen LogP contribution in [0.25, 0.3) is 11.2 Å². The molecular weight excluding hydrogens is 323 g/mol. The molecule has 2 N–H and O–H groups in total. The Morgan fingerprint density at radius 3 is 2.84 bits per heavy atom. The van der Waals surface area contributed by atoms with Crippen LogP contribution in [-0.4, -0.2) is 31.6 Å². The summed E-state index contributed by atoms with van der Waals surface area (Å²) in [5.74, 6) is -0.887. The van der Waals surface area contributed by atoms with Crippen molar-refractivity contribution in [2.45, 2.75) is 25.5 Å². The number of aryl methyl sites for hydroxylation is 1. The second kappa shape index (κ2) is 6.98. The SMILES string of the molecule is CC[C@H](NC(=O)c1cnc2c(c1)ncn2C)[C@H](O)c1ccccc1F. The Bertz CT molecular complexity index is 909. The lowest BCUT2D eigenvalue weighted by atomic mass is 9.99. The normalized spacial score (nSPS) is 13.6. The Morgan fingerprint density at radius 1 is 1.36 bits per heavy atom. The molecule has 1 aromatic carbocycles. The van der Waals surface area contributed by atoms with Gasteiger partial charge in [0, 0.05) is 18.8 Å². The van der Waals surface area contributed by atoms with Gasteiger partial charge in [-0.2, -0.15) is 0 Å². The molecule has 2 aromatic heterocycles. The molecule has 2 heterocycles. The summed E-state index contributed by atoms with van der Waals surface area (Å²) < 4.78 is 15.6. The molecule has 0 spiro atoms. The number of fused-ring (bicyclic) bond motifs is 1. The van der Waals surface area contributed by atoms with Crippen LogP contribution in [0.2, 0.25) is 0 Å². The van der Waals surface area contributed by atoms with Crippen LogP contribution in [0.3, 0.4) is 0 Å². The monoisotopic (exact) mass is 342 g/mol. The molecule has 0 aliphatic heterocycles. The quantitative estimate of drug-likeness (QED) is 0.746. The third kappa shape index (κ3) is 3.36. The van der Waals surface area contributed by atoms with E-state index in [1.807, 2.05) is 14.0 Å². The van der Waals surface area contributed by atoms with E-state index in [0.717, 1.165) is 0 Å². The van der Waals surface area contributed by atoms with Crippen LogP contribution >= 0.6 is 0 Å². The molecule has 0 bridgehead atoms. The summed E-state index contributed by atoms with van der Waals surface area (Å²) in [6, 6.07) is 7.01. The van der Waals surface area contributed by atoms with Crippen molar-refractivity contribution >= 4 is 17.1 Å². The molecule has 0 aliphatic carbocycles. The van der Waals surface area contributed by atoms with Crippen LogP contribution in [0.4, 0.5) is 4.39 Å².